The van der Waals surface area contributed by atoms with E-state index in [2.05, 4.69) is 20.2 Å². The lowest BCUT2D eigenvalue weighted by Gasteiger charge is -2.28. The van der Waals surface area contributed by atoms with E-state index in [4.69, 9.17) is 4.74 Å². The first kappa shape index (κ1) is 24.7. The minimum absolute atomic E-state index is 0.0144. The Morgan fingerprint density at radius 1 is 1.11 bits per heavy atom. The van der Waals surface area contributed by atoms with Crippen LogP contribution in [0.4, 0.5) is 5.69 Å². The van der Waals surface area contributed by atoms with Crippen LogP contribution in [0.2, 0.25) is 0 Å². The predicted octanol–water partition coefficient (Wildman–Crippen LogP) is 2.63. The van der Waals surface area contributed by atoms with Gasteiger partial charge in [0.05, 0.1) is 24.2 Å². The Hall–Kier alpha value is -3.46. The summed E-state index contributed by atoms with van der Waals surface area (Å²) in [5, 5.41) is 3.07. The molecule has 1 aromatic carbocycles. The van der Waals surface area contributed by atoms with Gasteiger partial charge in [0.15, 0.2) is 5.65 Å². The summed E-state index contributed by atoms with van der Waals surface area (Å²) in [6.45, 7) is 11.7. The predicted molar refractivity (Wildman–Crippen MR) is 136 cm³/mol. The fourth-order valence-electron chi connectivity index (χ4n) is 4.23. The molecule has 3 aromatic rings. The second kappa shape index (κ2) is 10.4. The average Bonchev–Trinajstić information content (AvgIpc) is 2.85. The van der Waals surface area contributed by atoms with E-state index >= 15 is 0 Å². The summed E-state index contributed by atoms with van der Waals surface area (Å²) in [6, 6.07) is 9.72. The third kappa shape index (κ3) is 5.45. The van der Waals surface area contributed by atoms with E-state index in [1.807, 2.05) is 52.0 Å². The molecular weight excluding hydrogens is 446 g/mol. The van der Waals surface area contributed by atoms with Crippen molar-refractivity contribution >= 4 is 22.6 Å². The van der Waals surface area contributed by atoms with Gasteiger partial charge in [-0.25, -0.2) is 9.78 Å². The summed E-state index contributed by atoms with van der Waals surface area (Å²) in [6.07, 6.45) is 0. The molecule has 9 heteroatoms. The normalized spacial score (nSPS) is 14.2. The quantitative estimate of drug-likeness (QED) is 0.539. The summed E-state index contributed by atoms with van der Waals surface area (Å²) >= 11 is 0. The minimum atomic E-state index is -0.604. The number of H-pyrrole nitrogens is 1. The molecule has 35 heavy (non-hydrogen) atoms. The SMILES string of the molecule is CC(C)Cn1c(=O)[nH]c(=O)c2c(C(=O)NCc3ccc(N4CCOCC4)cc3)cc(C(C)C)nc21. The molecule has 9 nitrogen and oxygen atoms in total. The number of aromatic amines is 1. The van der Waals surface area contributed by atoms with E-state index in [0.717, 1.165) is 37.6 Å². The zero-order valence-corrected chi connectivity index (χ0v) is 20.8. The van der Waals surface area contributed by atoms with Gasteiger partial charge in [0.2, 0.25) is 0 Å². The van der Waals surface area contributed by atoms with Crippen molar-refractivity contribution in [3.8, 4) is 0 Å². The average molecular weight is 480 g/mol. The van der Waals surface area contributed by atoms with Crippen molar-refractivity contribution in [3.63, 3.8) is 0 Å². The van der Waals surface area contributed by atoms with Crippen LogP contribution in [-0.4, -0.2) is 46.7 Å². The Morgan fingerprint density at radius 3 is 2.43 bits per heavy atom. The van der Waals surface area contributed by atoms with Crippen molar-refractivity contribution in [2.75, 3.05) is 31.2 Å². The molecule has 0 aliphatic carbocycles. The van der Waals surface area contributed by atoms with Crippen LogP contribution in [0.1, 0.15) is 55.2 Å². The number of ether oxygens (including phenoxy) is 1. The molecule has 1 saturated heterocycles. The van der Waals surface area contributed by atoms with Crippen molar-refractivity contribution < 1.29 is 9.53 Å². The van der Waals surface area contributed by atoms with Gasteiger partial charge in [-0.15, -0.1) is 0 Å². The maximum absolute atomic E-state index is 13.3. The number of hydrogen-bond acceptors (Lipinski definition) is 6. The Kier molecular flexibility index (Phi) is 7.35. The molecule has 2 aromatic heterocycles. The van der Waals surface area contributed by atoms with Gasteiger partial charge in [-0.1, -0.05) is 39.8 Å². The molecule has 0 bridgehead atoms. The van der Waals surface area contributed by atoms with Gasteiger partial charge < -0.3 is 15.0 Å². The monoisotopic (exact) mass is 479 g/mol. The summed E-state index contributed by atoms with van der Waals surface area (Å²) in [5.41, 5.74) is 2.08. The van der Waals surface area contributed by atoms with Crippen LogP contribution >= 0.6 is 0 Å². The third-order valence-corrected chi connectivity index (χ3v) is 6.12. The maximum Gasteiger partial charge on any atom is 0.330 e. The van der Waals surface area contributed by atoms with Gasteiger partial charge in [0, 0.05) is 37.6 Å². The summed E-state index contributed by atoms with van der Waals surface area (Å²) in [4.78, 5) is 47.9. The Balaban J connectivity index is 1.63. The summed E-state index contributed by atoms with van der Waals surface area (Å²) in [5.74, 6) is -0.207. The molecule has 1 fully saturated rings. The number of pyridine rings is 1. The molecule has 1 amide bonds. The first-order chi connectivity index (χ1) is 16.7. The van der Waals surface area contributed by atoms with Gasteiger partial charge in [0.1, 0.15) is 0 Å². The molecule has 3 heterocycles. The fourth-order valence-corrected chi connectivity index (χ4v) is 4.23. The maximum atomic E-state index is 13.3. The summed E-state index contributed by atoms with van der Waals surface area (Å²) < 4.78 is 6.86. The van der Waals surface area contributed by atoms with Crippen molar-refractivity contribution in [2.45, 2.75) is 46.7 Å². The molecule has 1 aliphatic heterocycles. The molecule has 4 rings (SSSR count). The van der Waals surface area contributed by atoms with Gasteiger partial charge in [0.25, 0.3) is 11.5 Å². The Morgan fingerprint density at radius 2 is 1.80 bits per heavy atom. The van der Waals surface area contributed by atoms with Gasteiger partial charge in [-0.2, -0.15) is 0 Å². The molecule has 0 unspecified atom stereocenters. The van der Waals surface area contributed by atoms with Crippen molar-refractivity contribution in [1.29, 1.82) is 0 Å². The van der Waals surface area contributed by atoms with E-state index < -0.39 is 11.2 Å². The smallest absolute Gasteiger partial charge is 0.330 e. The zero-order valence-electron chi connectivity index (χ0n) is 20.8. The molecule has 0 radical (unpaired) electrons. The number of aromatic nitrogens is 3. The van der Waals surface area contributed by atoms with Crippen LogP contribution in [0.3, 0.4) is 0 Å². The van der Waals surface area contributed by atoms with E-state index in [9.17, 15) is 14.4 Å². The zero-order chi connectivity index (χ0) is 25.1. The lowest BCUT2D eigenvalue weighted by atomic mass is 10.0. The highest BCUT2D eigenvalue weighted by Gasteiger charge is 2.21. The molecule has 1 aliphatic rings. The number of amides is 1. The highest BCUT2D eigenvalue weighted by Crippen LogP contribution is 2.21. The van der Waals surface area contributed by atoms with E-state index in [-0.39, 0.29) is 34.3 Å². The summed E-state index contributed by atoms with van der Waals surface area (Å²) in [7, 11) is 0. The lowest BCUT2D eigenvalue weighted by Crippen LogP contribution is -2.36. The largest absolute Gasteiger partial charge is 0.378 e. The number of rotatable bonds is 7. The van der Waals surface area contributed by atoms with Crippen LogP contribution < -0.4 is 21.5 Å². The number of nitrogens with one attached hydrogen (secondary N) is 2. The topological polar surface area (TPSA) is 109 Å². The Labute approximate surface area is 204 Å². The highest BCUT2D eigenvalue weighted by molar-refractivity contribution is 6.05. The minimum Gasteiger partial charge on any atom is -0.378 e. The van der Waals surface area contributed by atoms with Crippen LogP contribution in [0, 0.1) is 5.92 Å². The van der Waals surface area contributed by atoms with Gasteiger partial charge in [-0.3, -0.25) is 19.1 Å². The van der Waals surface area contributed by atoms with Crippen LogP contribution in [0.15, 0.2) is 39.9 Å². The number of hydrogen-bond donors (Lipinski definition) is 2. The van der Waals surface area contributed by atoms with Crippen molar-refractivity contribution in [3.05, 3.63) is 68.0 Å². The van der Waals surface area contributed by atoms with E-state index in [0.29, 0.717) is 18.8 Å². The number of carbonyl (C=O) groups is 1. The molecule has 0 atom stereocenters. The number of anilines is 1. The highest BCUT2D eigenvalue weighted by atomic mass is 16.5. The first-order valence-corrected chi connectivity index (χ1v) is 12.1. The number of morpholine rings is 1. The number of benzene rings is 1. The second-order valence-electron chi connectivity index (χ2n) is 9.66. The van der Waals surface area contributed by atoms with Gasteiger partial charge in [-0.05, 0) is 35.6 Å². The number of nitrogens with zero attached hydrogens (tertiary/aromatic N) is 3. The molecule has 0 spiro atoms. The molecule has 2 N–H and O–H groups in total. The first-order valence-electron chi connectivity index (χ1n) is 12.1. The standard InChI is InChI=1S/C26H33N5O4/c1-16(2)15-31-23-22(25(33)29-26(31)34)20(13-21(28-23)17(3)4)24(32)27-14-18-5-7-19(8-6-18)30-9-11-35-12-10-30/h5-8,13,16-17H,9-12,14-15H2,1-4H3,(H,27,32)(H,29,33,34). The van der Waals surface area contributed by atoms with Crippen molar-refractivity contribution in [2.24, 2.45) is 5.92 Å². The van der Waals surface area contributed by atoms with E-state index in [1.54, 1.807) is 6.07 Å². The van der Waals surface area contributed by atoms with Crippen LogP contribution in [-0.2, 0) is 17.8 Å². The fraction of sp³-hybridized carbons (Fsp3) is 0.462. The van der Waals surface area contributed by atoms with Crippen LogP contribution in [0.25, 0.3) is 11.0 Å². The second-order valence-corrected chi connectivity index (χ2v) is 9.66. The van der Waals surface area contributed by atoms with Gasteiger partial charge >= 0.3 is 5.69 Å². The third-order valence-electron chi connectivity index (χ3n) is 6.12. The van der Waals surface area contributed by atoms with Crippen molar-refractivity contribution in [1.82, 2.24) is 19.9 Å². The lowest BCUT2D eigenvalue weighted by molar-refractivity contribution is 0.0952. The molecule has 186 valence electrons. The number of fused-ring (bicyclic) bond motifs is 1. The molecular formula is C26H33N5O4. The van der Waals surface area contributed by atoms with E-state index in [1.165, 1.54) is 4.57 Å². The van der Waals surface area contributed by atoms with Crippen LogP contribution in [0.5, 0.6) is 0 Å². The Bertz CT molecular complexity index is 1320. The molecule has 0 saturated carbocycles. The number of carbonyl (C=O) groups excluding carboxylic acids is 1.